The molecule has 2 rings (SSSR count). The molecule has 136 valence electrons. The zero-order chi connectivity index (χ0) is 18.6. The van der Waals surface area contributed by atoms with E-state index >= 15 is 0 Å². The standard InChI is InChI=1S/C5H8N2O.C4H8N2O.2C4H10/c1-4-3-7(2)5(8)6-4;1-6-3-2-5-4(6)7;2*1-4(2)3/h1,3H2,2H3,(H,6,8);2-3H2,1H3,(H,5,7);2*4H,1-3H3. The number of rotatable bonds is 0. The van der Waals surface area contributed by atoms with Crippen molar-refractivity contribution >= 4 is 12.1 Å². The number of carbonyl (C=O) groups excluding carboxylic acids is 2. The van der Waals surface area contributed by atoms with E-state index in [4.69, 9.17) is 0 Å². The summed E-state index contributed by atoms with van der Waals surface area (Å²) in [6.45, 7) is 18.9. The Labute approximate surface area is 142 Å². The van der Waals surface area contributed by atoms with Gasteiger partial charge in [0.05, 0.1) is 6.54 Å². The number of nitrogens with one attached hydrogen (secondary N) is 2. The van der Waals surface area contributed by atoms with Crippen LogP contribution < -0.4 is 10.6 Å². The highest BCUT2D eigenvalue weighted by molar-refractivity contribution is 5.78. The van der Waals surface area contributed by atoms with Gasteiger partial charge in [-0.3, -0.25) is 0 Å². The lowest BCUT2D eigenvalue weighted by Crippen LogP contribution is -2.23. The number of hydrogen-bond acceptors (Lipinski definition) is 2. The predicted molar refractivity (Wildman–Crippen MR) is 97.4 cm³/mol. The Hall–Kier alpha value is -1.72. The molecule has 2 saturated heterocycles. The largest absolute Gasteiger partial charge is 0.336 e. The molecule has 2 aliphatic heterocycles. The highest BCUT2D eigenvalue weighted by Crippen LogP contribution is 1.99. The first-order chi connectivity index (χ1) is 10.5. The lowest BCUT2D eigenvalue weighted by Gasteiger charge is -2.01. The summed E-state index contributed by atoms with van der Waals surface area (Å²) in [5.74, 6) is 1.67. The van der Waals surface area contributed by atoms with Gasteiger partial charge in [-0.25, -0.2) is 9.59 Å². The molecule has 0 aromatic rings. The average Bonchev–Trinajstić information content (AvgIpc) is 2.85. The number of nitrogens with zero attached hydrogens (tertiary/aromatic N) is 2. The molecule has 4 amide bonds. The molecule has 0 spiro atoms. The maximum atomic E-state index is 10.5. The van der Waals surface area contributed by atoms with Crippen LogP contribution in [0, 0.1) is 11.8 Å². The second kappa shape index (κ2) is 12.8. The molecular weight excluding hydrogens is 292 g/mol. The highest BCUT2D eigenvalue weighted by atomic mass is 16.2. The molecule has 0 aromatic carbocycles. The minimum absolute atomic E-state index is 0.0417. The van der Waals surface area contributed by atoms with Gasteiger partial charge in [0.1, 0.15) is 0 Å². The normalized spacial score (nSPS) is 16.0. The van der Waals surface area contributed by atoms with Crippen molar-refractivity contribution in [1.82, 2.24) is 20.4 Å². The Bertz CT molecular complexity index is 356. The Balaban J connectivity index is 0. The lowest BCUT2D eigenvalue weighted by molar-refractivity contribution is 0.225. The van der Waals surface area contributed by atoms with Crippen LogP contribution in [0.2, 0.25) is 0 Å². The molecule has 2 fully saturated rings. The third-order valence-corrected chi connectivity index (χ3v) is 2.13. The van der Waals surface area contributed by atoms with Crippen LogP contribution >= 0.6 is 0 Å². The van der Waals surface area contributed by atoms with Gasteiger partial charge in [0, 0.05) is 32.9 Å². The molecule has 0 aliphatic carbocycles. The van der Waals surface area contributed by atoms with E-state index in [0.717, 1.165) is 30.6 Å². The summed E-state index contributed by atoms with van der Waals surface area (Å²) in [7, 11) is 3.51. The lowest BCUT2D eigenvalue weighted by atomic mass is 10.3. The average molecular weight is 329 g/mol. The first-order valence-electron chi connectivity index (χ1n) is 8.16. The Morgan fingerprint density at radius 3 is 1.43 bits per heavy atom. The van der Waals surface area contributed by atoms with Crippen LogP contribution in [0.1, 0.15) is 41.5 Å². The SMILES string of the molecule is C=C1CN(C)C(=O)N1.CC(C)C.CC(C)C.CN1CCNC1=O. The van der Waals surface area contributed by atoms with Gasteiger partial charge >= 0.3 is 12.1 Å². The first kappa shape index (κ1) is 23.5. The molecule has 2 aliphatic rings. The van der Waals surface area contributed by atoms with Crippen molar-refractivity contribution in [2.75, 3.05) is 33.7 Å². The van der Waals surface area contributed by atoms with Crippen molar-refractivity contribution in [3.05, 3.63) is 12.3 Å². The molecule has 23 heavy (non-hydrogen) atoms. The minimum atomic E-state index is -0.0602. The van der Waals surface area contributed by atoms with Crippen LogP contribution in [-0.2, 0) is 0 Å². The minimum Gasteiger partial charge on any atom is -0.336 e. The Kier molecular flexibility index (Phi) is 13.1. The van der Waals surface area contributed by atoms with Gasteiger partial charge in [-0.2, -0.15) is 0 Å². The van der Waals surface area contributed by atoms with E-state index in [-0.39, 0.29) is 12.1 Å². The molecule has 0 unspecified atom stereocenters. The molecule has 6 nitrogen and oxygen atoms in total. The van der Waals surface area contributed by atoms with Crippen LogP contribution in [0.4, 0.5) is 9.59 Å². The number of hydrogen-bond donors (Lipinski definition) is 2. The third-order valence-electron chi connectivity index (χ3n) is 2.13. The summed E-state index contributed by atoms with van der Waals surface area (Å²) in [5, 5.41) is 5.22. The van der Waals surface area contributed by atoms with Crippen LogP contribution in [0.5, 0.6) is 0 Å². The Morgan fingerprint density at radius 2 is 1.35 bits per heavy atom. The monoisotopic (exact) mass is 328 g/mol. The van der Waals surface area contributed by atoms with E-state index in [0.29, 0.717) is 6.54 Å². The molecule has 0 aromatic heterocycles. The van der Waals surface area contributed by atoms with E-state index in [1.54, 1.807) is 23.9 Å². The number of urea groups is 2. The van der Waals surface area contributed by atoms with Crippen molar-refractivity contribution in [3.63, 3.8) is 0 Å². The predicted octanol–water partition coefficient (Wildman–Crippen LogP) is 3.12. The molecule has 6 heteroatoms. The van der Waals surface area contributed by atoms with Crippen molar-refractivity contribution in [2.45, 2.75) is 41.5 Å². The van der Waals surface area contributed by atoms with Gasteiger partial charge in [-0.15, -0.1) is 0 Å². The smallest absolute Gasteiger partial charge is 0.321 e. The van der Waals surface area contributed by atoms with Gasteiger partial charge < -0.3 is 20.4 Å². The van der Waals surface area contributed by atoms with Crippen LogP contribution in [0.15, 0.2) is 12.3 Å². The maximum absolute atomic E-state index is 10.5. The maximum Gasteiger partial charge on any atom is 0.321 e. The second-order valence-electron chi connectivity index (χ2n) is 7.01. The van der Waals surface area contributed by atoms with Crippen molar-refractivity contribution in [2.24, 2.45) is 11.8 Å². The molecular formula is C17H36N4O2. The summed E-state index contributed by atoms with van der Waals surface area (Å²) < 4.78 is 0. The zero-order valence-electron chi connectivity index (χ0n) is 16.2. The molecule has 0 atom stereocenters. The number of likely N-dealkylation sites (N-methyl/N-ethyl adjacent to an activating group) is 2. The summed E-state index contributed by atoms with van der Waals surface area (Å²) >= 11 is 0. The van der Waals surface area contributed by atoms with E-state index in [2.05, 4.69) is 58.8 Å². The van der Waals surface area contributed by atoms with Crippen molar-refractivity contribution in [3.8, 4) is 0 Å². The van der Waals surface area contributed by atoms with Gasteiger partial charge in [0.25, 0.3) is 0 Å². The van der Waals surface area contributed by atoms with Gasteiger partial charge in [-0.05, 0) is 11.8 Å². The summed E-state index contributed by atoms with van der Waals surface area (Å²) in [5.41, 5.74) is 0.775. The molecule has 2 N–H and O–H groups in total. The quantitative estimate of drug-likeness (QED) is 0.717. The third kappa shape index (κ3) is 16.5. The summed E-state index contributed by atoms with van der Waals surface area (Å²) in [4.78, 5) is 24.2. The molecule has 0 bridgehead atoms. The highest BCUT2D eigenvalue weighted by Gasteiger charge is 2.17. The van der Waals surface area contributed by atoms with E-state index in [9.17, 15) is 9.59 Å². The second-order valence-corrected chi connectivity index (χ2v) is 7.01. The van der Waals surface area contributed by atoms with E-state index < -0.39 is 0 Å². The summed E-state index contributed by atoms with van der Waals surface area (Å²) in [6.07, 6.45) is 0. The van der Waals surface area contributed by atoms with Crippen molar-refractivity contribution in [1.29, 1.82) is 0 Å². The number of amides is 4. The fourth-order valence-corrected chi connectivity index (χ4v) is 1.21. The van der Waals surface area contributed by atoms with E-state index in [1.165, 1.54) is 0 Å². The molecule has 0 radical (unpaired) electrons. The summed E-state index contributed by atoms with van der Waals surface area (Å²) in [6, 6.07) is -0.0185. The van der Waals surface area contributed by atoms with Gasteiger partial charge in [0.2, 0.25) is 0 Å². The fraction of sp³-hybridized carbons (Fsp3) is 0.765. The zero-order valence-corrected chi connectivity index (χ0v) is 16.2. The van der Waals surface area contributed by atoms with Crippen LogP contribution in [0.25, 0.3) is 0 Å². The van der Waals surface area contributed by atoms with Gasteiger partial charge in [0.15, 0.2) is 0 Å². The van der Waals surface area contributed by atoms with E-state index in [1.807, 2.05) is 0 Å². The van der Waals surface area contributed by atoms with Crippen molar-refractivity contribution < 1.29 is 9.59 Å². The number of carbonyl (C=O) groups is 2. The van der Waals surface area contributed by atoms with Crippen LogP contribution in [-0.4, -0.2) is 55.6 Å². The topological polar surface area (TPSA) is 64.7 Å². The first-order valence-corrected chi connectivity index (χ1v) is 8.16. The Morgan fingerprint density at radius 1 is 0.913 bits per heavy atom. The molecule has 0 saturated carbocycles. The fourth-order valence-electron chi connectivity index (χ4n) is 1.21. The molecule has 2 heterocycles. The van der Waals surface area contributed by atoms with Crippen LogP contribution in [0.3, 0.4) is 0 Å². The van der Waals surface area contributed by atoms with Gasteiger partial charge in [-0.1, -0.05) is 48.1 Å².